The van der Waals surface area contributed by atoms with Gasteiger partial charge in [0, 0.05) is 28.5 Å². The molecule has 1 aliphatic rings. The predicted molar refractivity (Wildman–Crippen MR) is 110 cm³/mol. The minimum atomic E-state index is -0.386. The molecule has 2 heterocycles. The first-order chi connectivity index (χ1) is 13.5. The summed E-state index contributed by atoms with van der Waals surface area (Å²) >= 11 is 1.50. The number of hydrogen-bond acceptors (Lipinski definition) is 6. The molecular weight excluding hydrogens is 378 g/mol. The van der Waals surface area contributed by atoms with Gasteiger partial charge < -0.3 is 9.72 Å². The standard InChI is InChI=1S/C20H17N3O4S/c1-27-18(24)10-15-11-28-20(21-15)14-7-13-8-16(12-5-3-2-4-6-12)22-19(13)17(9-14)23(25)26/h2-9,15,22H,10-11H2,1H3. The van der Waals surface area contributed by atoms with Crippen LogP contribution in [0.1, 0.15) is 12.0 Å². The fourth-order valence-corrected chi connectivity index (χ4v) is 4.27. The Morgan fingerprint density at radius 1 is 1.29 bits per heavy atom. The monoisotopic (exact) mass is 395 g/mol. The highest BCUT2D eigenvalue weighted by Gasteiger charge is 2.25. The van der Waals surface area contributed by atoms with Crippen molar-refractivity contribution in [3.63, 3.8) is 0 Å². The number of benzene rings is 2. The summed E-state index contributed by atoms with van der Waals surface area (Å²) in [7, 11) is 1.35. The summed E-state index contributed by atoms with van der Waals surface area (Å²) in [5.74, 6) is 0.341. The van der Waals surface area contributed by atoms with E-state index in [2.05, 4.69) is 9.98 Å². The molecule has 1 N–H and O–H groups in total. The molecule has 7 nitrogen and oxygen atoms in total. The molecule has 28 heavy (non-hydrogen) atoms. The number of non-ortho nitro benzene ring substituents is 1. The van der Waals surface area contributed by atoms with E-state index in [4.69, 9.17) is 4.74 Å². The van der Waals surface area contributed by atoms with Crippen molar-refractivity contribution in [1.82, 2.24) is 4.98 Å². The van der Waals surface area contributed by atoms with Crippen LogP contribution < -0.4 is 0 Å². The number of hydrogen-bond donors (Lipinski definition) is 1. The van der Waals surface area contributed by atoms with Crippen molar-refractivity contribution in [2.24, 2.45) is 4.99 Å². The van der Waals surface area contributed by atoms with E-state index in [1.807, 2.05) is 42.5 Å². The van der Waals surface area contributed by atoms with E-state index in [1.165, 1.54) is 18.9 Å². The number of nitrogens with one attached hydrogen (secondary N) is 1. The largest absolute Gasteiger partial charge is 0.469 e. The average molecular weight is 395 g/mol. The highest BCUT2D eigenvalue weighted by Crippen LogP contribution is 2.34. The number of fused-ring (bicyclic) bond motifs is 1. The number of methoxy groups -OCH3 is 1. The van der Waals surface area contributed by atoms with E-state index in [0.717, 1.165) is 16.6 Å². The Hall–Kier alpha value is -3.13. The third-order valence-electron chi connectivity index (χ3n) is 4.58. The van der Waals surface area contributed by atoms with Crippen molar-refractivity contribution < 1.29 is 14.5 Å². The summed E-state index contributed by atoms with van der Waals surface area (Å²) in [4.78, 5) is 30.5. The van der Waals surface area contributed by atoms with E-state index < -0.39 is 0 Å². The van der Waals surface area contributed by atoms with Crippen molar-refractivity contribution >= 4 is 39.4 Å². The second kappa shape index (κ2) is 7.47. The number of nitro groups is 1. The van der Waals surface area contributed by atoms with Gasteiger partial charge in [-0.3, -0.25) is 19.9 Å². The van der Waals surface area contributed by atoms with Gasteiger partial charge in [0.25, 0.3) is 5.69 Å². The molecule has 1 aliphatic heterocycles. The molecule has 0 saturated heterocycles. The van der Waals surface area contributed by atoms with Crippen LogP contribution >= 0.6 is 11.8 Å². The molecule has 0 radical (unpaired) electrons. The maximum Gasteiger partial charge on any atom is 0.307 e. The molecule has 0 amide bonds. The zero-order chi connectivity index (χ0) is 19.7. The van der Waals surface area contributed by atoms with E-state index in [0.29, 0.717) is 21.9 Å². The lowest BCUT2D eigenvalue weighted by Gasteiger charge is -2.02. The van der Waals surface area contributed by atoms with Gasteiger partial charge in [-0.25, -0.2) is 0 Å². The van der Waals surface area contributed by atoms with Crippen LogP contribution in [0.5, 0.6) is 0 Å². The third-order valence-corrected chi connectivity index (χ3v) is 5.74. The number of nitro benzene ring substituents is 1. The van der Waals surface area contributed by atoms with Crippen molar-refractivity contribution in [3.05, 3.63) is 64.2 Å². The van der Waals surface area contributed by atoms with Crippen LogP contribution in [0.25, 0.3) is 22.2 Å². The molecule has 2 aromatic carbocycles. The van der Waals surface area contributed by atoms with E-state index in [-0.39, 0.29) is 29.0 Å². The lowest BCUT2D eigenvalue weighted by atomic mass is 10.1. The van der Waals surface area contributed by atoms with Crippen LogP contribution in [-0.2, 0) is 9.53 Å². The molecule has 1 aromatic heterocycles. The van der Waals surface area contributed by atoms with Crippen molar-refractivity contribution in [1.29, 1.82) is 0 Å². The first-order valence-electron chi connectivity index (χ1n) is 8.69. The molecule has 4 rings (SSSR count). The molecule has 0 fully saturated rings. The van der Waals surface area contributed by atoms with Crippen LogP contribution in [0.15, 0.2) is 53.5 Å². The number of aromatic amines is 1. The average Bonchev–Trinajstić information content (AvgIpc) is 3.34. The van der Waals surface area contributed by atoms with E-state index in [9.17, 15) is 14.9 Å². The fraction of sp³-hybridized carbons (Fsp3) is 0.200. The molecule has 142 valence electrons. The van der Waals surface area contributed by atoms with Gasteiger partial charge in [-0.1, -0.05) is 30.3 Å². The van der Waals surface area contributed by atoms with E-state index >= 15 is 0 Å². The summed E-state index contributed by atoms with van der Waals surface area (Å²) in [5, 5.41) is 13.1. The third kappa shape index (κ3) is 3.50. The summed E-state index contributed by atoms with van der Waals surface area (Å²) in [6, 6.07) is 14.8. The smallest absolute Gasteiger partial charge is 0.307 e. The summed E-state index contributed by atoms with van der Waals surface area (Å²) in [6.07, 6.45) is 0.208. The SMILES string of the molecule is COC(=O)CC1CSC(c2cc([N+](=O)[O-])c3[nH]c(-c4ccccc4)cc3c2)=N1. The summed E-state index contributed by atoms with van der Waals surface area (Å²) < 4.78 is 4.70. The zero-order valence-electron chi connectivity index (χ0n) is 15.0. The highest BCUT2D eigenvalue weighted by molar-refractivity contribution is 8.14. The molecule has 1 unspecified atom stereocenters. The number of thioether (sulfide) groups is 1. The van der Waals surface area contributed by atoms with Gasteiger partial charge in [-0.15, -0.1) is 11.8 Å². The number of ether oxygens (including phenoxy) is 1. The first-order valence-corrected chi connectivity index (χ1v) is 9.68. The van der Waals surface area contributed by atoms with Gasteiger partial charge in [-0.2, -0.15) is 0 Å². The minimum Gasteiger partial charge on any atom is -0.469 e. The normalized spacial score (nSPS) is 16.2. The van der Waals surface area contributed by atoms with Crippen LogP contribution in [0.4, 0.5) is 5.69 Å². The lowest BCUT2D eigenvalue weighted by molar-refractivity contribution is -0.383. The maximum atomic E-state index is 11.7. The maximum absolute atomic E-state index is 11.7. The topological polar surface area (TPSA) is 97.6 Å². The quantitative estimate of drug-likeness (QED) is 0.397. The van der Waals surface area contributed by atoms with E-state index in [1.54, 1.807) is 6.07 Å². The second-order valence-corrected chi connectivity index (χ2v) is 7.45. The van der Waals surface area contributed by atoms with Gasteiger partial charge >= 0.3 is 5.97 Å². The Morgan fingerprint density at radius 2 is 2.07 bits per heavy atom. The Labute approximate surface area is 165 Å². The van der Waals surface area contributed by atoms with Gasteiger partial charge in [0.05, 0.1) is 29.5 Å². The van der Waals surface area contributed by atoms with Crippen molar-refractivity contribution in [2.45, 2.75) is 12.5 Å². The Balaban J connectivity index is 1.75. The number of H-pyrrole nitrogens is 1. The van der Waals surface area contributed by atoms with Crippen LogP contribution in [0.3, 0.4) is 0 Å². The molecule has 0 spiro atoms. The van der Waals surface area contributed by atoms with Crippen LogP contribution in [0, 0.1) is 10.1 Å². The molecule has 8 heteroatoms. The Morgan fingerprint density at radius 3 is 2.79 bits per heavy atom. The predicted octanol–water partition coefficient (Wildman–Crippen LogP) is 4.17. The Kier molecular flexibility index (Phi) is 4.87. The van der Waals surface area contributed by atoms with Gasteiger partial charge in [0.15, 0.2) is 0 Å². The molecule has 0 saturated carbocycles. The Bertz CT molecular complexity index is 1090. The van der Waals surface area contributed by atoms with Crippen molar-refractivity contribution in [3.8, 4) is 11.3 Å². The van der Waals surface area contributed by atoms with Crippen molar-refractivity contribution in [2.75, 3.05) is 12.9 Å². The second-order valence-electron chi connectivity index (χ2n) is 6.45. The summed E-state index contributed by atoms with van der Waals surface area (Å²) in [6.45, 7) is 0. The first kappa shape index (κ1) is 18.2. The van der Waals surface area contributed by atoms with Gasteiger partial charge in [0.1, 0.15) is 5.52 Å². The molecule has 1 atom stereocenters. The molecular formula is C20H17N3O4S. The number of aromatic nitrogens is 1. The molecule has 0 bridgehead atoms. The summed E-state index contributed by atoms with van der Waals surface area (Å²) in [5.41, 5.74) is 2.97. The van der Waals surface area contributed by atoms with Gasteiger partial charge in [0.2, 0.25) is 0 Å². The van der Waals surface area contributed by atoms with Crippen LogP contribution in [0.2, 0.25) is 0 Å². The lowest BCUT2D eigenvalue weighted by Crippen LogP contribution is -2.12. The number of carbonyl (C=O) groups is 1. The van der Waals surface area contributed by atoms with Gasteiger partial charge in [-0.05, 0) is 17.7 Å². The minimum absolute atomic E-state index is 0.00870. The fourth-order valence-electron chi connectivity index (χ4n) is 3.22. The number of nitrogens with zero attached hydrogens (tertiary/aromatic N) is 2. The molecule has 3 aromatic rings. The highest BCUT2D eigenvalue weighted by atomic mass is 32.2. The number of rotatable bonds is 5. The number of aliphatic imine (C=N–C) groups is 1. The zero-order valence-corrected chi connectivity index (χ0v) is 15.9. The van der Waals surface area contributed by atoms with Crippen LogP contribution in [-0.4, -0.2) is 39.8 Å². The number of esters is 1. The molecule has 0 aliphatic carbocycles. The number of carbonyl (C=O) groups excluding carboxylic acids is 1.